The molecule has 1 aliphatic heterocycles. The first-order valence-electron chi connectivity index (χ1n) is 14.2. The summed E-state index contributed by atoms with van der Waals surface area (Å²) in [6.07, 6.45) is 1.64. The Bertz CT molecular complexity index is 1910. The molecule has 0 saturated carbocycles. The van der Waals surface area contributed by atoms with E-state index in [1.807, 2.05) is 38.1 Å². The van der Waals surface area contributed by atoms with E-state index in [9.17, 15) is 14.0 Å². The quantitative estimate of drug-likeness (QED) is 0.225. The summed E-state index contributed by atoms with van der Waals surface area (Å²) in [5.41, 5.74) is 2.08. The summed E-state index contributed by atoms with van der Waals surface area (Å²) in [6.45, 7) is 7.49. The van der Waals surface area contributed by atoms with Gasteiger partial charge < -0.3 is 18.9 Å². The third-order valence-electron chi connectivity index (χ3n) is 6.93. The molecule has 1 aliphatic rings. The first kappa shape index (κ1) is 30.7. The zero-order chi connectivity index (χ0) is 31.4. The zero-order valence-electron chi connectivity index (χ0n) is 25.1. The molecule has 0 saturated heterocycles. The fraction of sp³-hybridized carbons (Fsp3) is 0.265. The maximum absolute atomic E-state index is 14.2. The lowest BCUT2D eigenvalue weighted by Crippen LogP contribution is -2.40. The lowest BCUT2D eigenvalue weighted by Gasteiger charge is -2.25. The number of fused-ring (bicyclic) bond motifs is 1. The molecule has 0 spiro atoms. The first-order valence-corrected chi connectivity index (χ1v) is 15.0. The fourth-order valence-electron chi connectivity index (χ4n) is 4.96. The van der Waals surface area contributed by atoms with E-state index in [1.54, 1.807) is 56.3 Å². The predicted octanol–water partition coefficient (Wildman–Crippen LogP) is 5.31. The van der Waals surface area contributed by atoms with Crippen molar-refractivity contribution in [2.75, 3.05) is 13.7 Å². The van der Waals surface area contributed by atoms with Gasteiger partial charge in [0.1, 0.15) is 18.2 Å². The molecule has 0 N–H and O–H groups in total. The van der Waals surface area contributed by atoms with Gasteiger partial charge in [-0.05, 0) is 63.6 Å². The van der Waals surface area contributed by atoms with Crippen LogP contribution in [0.3, 0.4) is 0 Å². The molecule has 0 radical (unpaired) electrons. The van der Waals surface area contributed by atoms with Crippen LogP contribution in [0.15, 0.2) is 87.8 Å². The smallest absolute Gasteiger partial charge is 0.338 e. The Morgan fingerprint density at radius 2 is 1.82 bits per heavy atom. The maximum atomic E-state index is 14.2. The number of allylic oxidation sites excluding steroid dienone is 1. The largest absolute Gasteiger partial charge is 0.493 e. The van der Waals surface area contributed by atoms with Gasteiger partial charge in [-0.3, -0.25) is 9.36 Å². The van der Waals surface area contributed by atoms with Gasteiger partial charge in [-0.1, -0.05) is 53.8 Å². The van der Waals surface area contributed by atoms with Gasteiger partial charge in [-0.15, -0.1) is 0 Å². The number of hydrogen-bond acceptors (Lipinski definition) is 8. The lowest BCUT2D eigenvalue weighted by atomic mass is 9.95. The van der Waals surface area contributed by atoms with Crippen molar-refractivity contribution in [3.63, 3.8) is 0 Å². The van der Waals surface area contributed by atoms with E-state index >= 15 is 0 Å². The molecule has 3 aromatic carbocycles. The molecule has 8 nitrogen and oxygen atoms in total. The summed E-state index contributed by atoms with van der Waals surface area (Å²) in [5.74, 6) is 0.598. The van der Waals surface area contributed by atoms with Crippen molar-refractivity contribution in [3.8, 4) is 17.2 Å². The van der Waals surface area contributed by atoms with Gasteiger partial charge in [0.25, 0.3) is 5.56 Å². The number of nitrogens with zero attached hydrogens (tertiary/aromatic N) is 2. The number of thiazole rings is 1. The van der Waals surface area contributed by atoms with Crippen molar-refractivity contribution in [3.05, 3.63) is 120 Å². The molecular formula is C34H33FN2O6S. The number of para-hydroxylation sites is 1. The molecule has 0 amide bonds. The van der Waals surface area contributed by atoms with Crippen LogP contribution in [0.5, 0.6) is 17.2 Å². The Morgan fingerprint density at radius 1 is 1.07 bits per heavy atom. The Morgan fingerprint density at radius 3 is 2.55 bits per heavy atom. The van der Waals surface area contributed by atoms with Crippen molar-refractivity contribution in [1.82, 2.24) is 4.57 Å². The second-order valence-electron chi connectivity index (χ2n) is 10.3. The Labute approximate surface area is 258 Å². The van der Waals surface area contributed by atoms with Crippen LogP contribution in [0.4, 0.5) is 4.39 Å². The second kappa shape index (κ2) is 13.3. The fourth-order valence-corrected chi connectivity index (χ4v) is 5.99. The summed E-state index contributed by atoms with van der Waals surface area (Å²) in [4.78, 5) is 32.5. The maximum Gasteiger partial charge on any atom is 0.338 e. The van der Waals surface area contributed by atoms with E-state index in [0.29, 0.717) is 49.0 Å². The van der Waals surface area contributed by atoms with Crippen LogP contribution >= 0.6 is 11.3 Å². The van der Waals surface area contributed by atoms with Crippen LogP contribution in [0.2, 0.25) is 0 Å². The molecule has 0 bridgehead atoms. The first-order chi connectivity index (χ1) is 21.2. The van der Waals surface area contributed by atoms with E-state index in [0.717, 1.165) is 0 Å². The molecule has 2 heterocycles. The highest BCUT2D eigenvalue weighted by Crippen LogP contribution is 2.36. The normalized spacial score (nSPS) is 14.7. The van der Waals surface area contributed by atoms with Crippen LogP contribution in [-0.2, 0) is 16.1 Å². The summed E-state index contributed by atoms with van der Waals surface area (Å²) < 4.78 is 39.0. The van der Waals surface area contributed by atoms with Crippen molar-refractivity contribution in [1.29, 1.82) is 0 Å². The highest BCUT2D eigenvalue weighted by Gasteiger charge is 2.34. The van der Waals surface area contributed by atoms with Gasteiger partial charge in [-0.25, -0.2) is 14.2 Å². The van der Waals surface area contributed by atoms with Gasteiger partial charge in [0, 0.05) is 11.1 Å². The molecule has 0 unspecified atom stereocenters. The van der Waals surface area contributed by atoms with Crippen molar-refractivity contribution in [2.45, 2.75) is 46.4 Å². The van der Waals surface area contributed by atoms with E-state index in [2.05, 4.69) is 4.99 Å². The number of carbonyl (C=O) groups is 1. The lowest BCUT2D eigenvalue weighted by molar-refractivity contribution is -0.139. The van der Waals surface area contributed by atoms with Crippen LogP contribution < -0.4 is 29.1 Å². The minimum absolute atomic E-state index is 0.0270. The van der Waals surface area contributed by atoms with Gasteiger partial charge >= 0.3 is 5.97 Å². The molecule has 1 atom stereocenters. The summed E-state index contributed by atoms with van der Waals surface area (Å²) >= 11 is 1.20. The van der Waals surface area contributed by atoms with Crippen LogP contribution in [0.25, 0.3) is 6.08 Å². The highest BCUT2D eigenvalue weighted by molar-refractivity contribution is 7.07. The molecule has 10 heteroatoms. The van der Waals surface area contributed by atoms with E-state index < -0.39 is 12.0 Å². The van der Waals surface area contributed by atoms with Gasteiger partial charge in [0.05, 0.1) is 41.7 Å². The van der Waals surface area contributed by atoms with Crippen molar-refractivity contribution in [2.24, 2.45) is 4.99 Å². The van der Waals surface area contributed by atoms with Crippen LogP contribution in [-0.4, -0.2) is 30.4 Å². The number of ether oxygens (including phenoxy) is 4. The zero-order valence-corrected chi connectivity index (χ0v) is 25.9. The molecule has 228 valence electrons. The van der Waals surface area contributed by atoms with E-state index in [4.69, 9.17) is 18.9 Å². The van der Waals surface area contributed by atoms with E-state index in [1.165, 1.54) is 29.1 Å². The Kier molecular flexibility index (Phi) is 9.29. The van der Waals surface area contributed by atoms with Crippen LogP contribution in [0, 0.1) is 5.82 Å². The number of halogens is 1. The average molecular weight is 617 g/mol. The second-order valence-corrected chi connectivity index (χ2v) is 11.3. The number of rotatable bonds is 10. The molecule has 5 rings (SSSR count). The number of aromatic nitrogens is 1. The molecule has 4 aromatic rings. The summed E-state index contributed by atoms with van der Waals surface area (Å²) in [5, 5.41) is 0. The van der Waals surface area contributed by atoms with Gasteiger partial charge in [0.2, 0.25) is 0 Å². The number of esters is 1. The minimum atomic E-state index is -0.818. The molecule has 1 aromatic heterocycles. The predicted molar refractivity (Wildman–Crippen MR) is 166 cm³/mol. The number of carbonyl (C=O) groups excluding carboxylic acids is 1. The molecule has 0 aliphatic carbocycles. The summed E-state index contributed by atoms with van der Waals surface area (Å²) in [7, 11) is 1.54. The Hall–Kier alpha value is -4.70. The highest BCUT2D eigenvalue weighted by atomic mass is 32.1. The SMILES string of the molecule is CCOC(=O)C1=C(C)N=c2s/c(=C\c3ccccc3OCc3ccccc3F)c(=O)n2[C@H]1c1ccc(OC(C)C)c(OC)c1. The number of benzene rings is 3. The standard InChI is InChI=1S/C34H33FN2O6S/c1-6-41-33(39)30-21(4)36-34-37(31(30)23-15-16-27(43-20(2)3)28(17-23)40-5)32(38)29(44-34)18-22-11-8-10-14-26(22)42-19-24-12-7-9-13-25(24)35/h7-18,20,31H,6,19H2,1-5H3/b29-18-/t31-/m0/s1. The van der Waals surface area contributed by atoms with Crippen LogP contribution in [0.1, 0.15) is 50.4 Å². The van der Waals surface area contributed by atoms with E-state index in [-0.39, 0.29) is 36.3 Å². The van der Waals surface area contributed by atoms with Crippen molar-refractivity contribution < 1.29 is 28.1 Å². The molecular weight excluding hydrogens is 583 g/mol. The third-order valence-corrected chi connectivity index (χ3v) is 7.91. The average Bonchev–Trinajstić information content (AvgIpc) is 3.30. The molecule has 44 heavy (non-hydrogen) atoms. The minimum Gasteiger partial charge on any atom is -0.493 e. The van der Waals surface area contributed by atoms with Gasteiger partial charge in [0.15, 0.2) is 16.3 Å². The van der Waals surface area contributed by atoms with Crippen molar-refractivity contribution >= 4 is 23.4 Å². The number of hydrogen-bond donors (Lipinski definition) is 0. The monoisotopic (exact) mass is 616 g/mol. The summed E-state index contributed by atoms with van der Waals surface area (Å²) in [6, 6.07) is 18.2. The Balaban J connectivity index is 1.62. The number of methoxy groups -OCH3 is 1. The third kappa shape index (κ3) is 6.30. The topological polar surface area (TPSA) is 88.4 Å². The van der Waals surface area contributed by atoms with Gasteiger partial charge in [-0.2, -0.15) is 0 Å². The molecule has 0 fully saturated rings.